The Bertz CT molecular complexity index is 452. The fraction of sp³-hybridized carbons (Fsp3) is 0.895. The summed E-state index contributed by atoms with van der Waals surface area (Å²) in [6, 6.07) is -0.152. The molecular formula is C19H35N3O4. The van der Waals surface area contributed by atoms with Gasteiger partial charge in [0.2, 0.25) is 11.8 Å². The smallest absolute Gasteiger partial charge is 0.234 e. The molecule has 0 bridgehead atoms. The van der Waals surface area contributed by atoms with Crippen LogP contribution in [0.5, 0.6) is 0 Å². The number of rotatable bonds is 8. The molecule has 1 saturated heterocycles. The molecule has 0 radical (unpaired) electrons. The molecule has 3 N–H and O–H groups in total. The van der Waals surface area contributed by atoms with Gasteiger partial charge < -0.3 is 25.4 Å². The number of hydrogen-bond donors (Lipinski definition) is 3. The fourth-order valence-corrected chi connectivity index (χ4v) is 3.91. The molecule has 0 spiro atoms. The molecule has 7 heteroatoms. The monoisotopic (exact) mass is 369 g/mol. The molecule has 0 unspecified atom stereocenters. The van der Waals surface area contributed by atoms with Crippen LogP contribution in [0.2, 0.25) is 0 Å². The summed E-state index contributed by atoms with van der Waals surface area (Å²) in [6.07, 6.45) is 7.55. The predicted octanol–water partition coefficient (Wildman–Crippen LogP) is 0.659. The van der Waals surface area contributed by atoms with Crippen molar-refractivity contribution in [1.29, 1.82) is 0 Å². The maximum Gasteiger partial charge on any atom is 0.234 e. The van der Waals surface area contributed by atoms with Gasteiger partial charge >= 0.3 is 0 Å². The van der Waals surface area contributed by atoms with E-state index < -0.39 is 0 Å². The fourth-order valence-electron chi connectivity index (χ4n) is 3.91. The number of aliphatic hydroxyl groups excluding tert-OH is 1. The molecule has 1 saturated carbocycles. The third-order valence-electron chi connectivity index (χ3n) is 5.34. The summed E-state index contributed by atoms with van der Waals surface area (Å²) < 4.78 is 5.95. The lowest BCUT2D eigenvalue weighted by Crippen LogP contribution is -2.52. The molecule has 3 atom stereocenters. The van der Waals surface area contributed by atoms with E-state index in [1.807, 2.05) is 19.0 Å². The Morgan fingerprint density at radius 1 is 1.12 bits per heavy atom. The second kappa shape index (κ2) is 10.8. The van der Waals surface area contributed by atoms with Crippen molar-refractivity contribution in [2.75, 3.05) is 33.8 Å². The van der Waals surface area contributed by atoms with Crippen molar-refractivity contribution in [3.05, 3.63) is 0 Å². The molecule has 0 aromatic rings. The van der Waals surface area contributed by atoms with Crippen LogP contribution in [0.3, 0.4) is 0 Å². The van der Waals surface area contributed by atoms with Gasteiger partial charge in [-0.25, -0.2) is 0 Å². The van der Waals surface area contributed by atoms with Crippen LogP contribution in [0.1, 0.15) is 51.4 Å². The first-order valence-electron chi connectivity index (χ1n) is 9.97. The van der Waals surface area contributed by atoms with Gasteiger partial charge in [-0.05, 0) is 46.2 Å². The quantitative estimate of drug-likeness (QED) is 0.585. The topological polar surface area (TPSA) is 90.9 Å². The van der Waals surface area contributed by atoms with Crippen molar-refractivity contribution in [3.63, 3.8) is 0 Å². The summed E-state index contributed by atoms with van der Waals surface area (Å²) in [7, 11) is 3.69. The highest BCUT2D eigenvalue weighted by atomic mass is 16.5. The first-order valence-corrected chi connectivity index (χ1v) is 9.97. The van der Waals surface area contributed by atoms with Crippen LogP contribution >= 0.6 is 0 Å². The molecular weight excluding hydrogens is 334 g/mol. The summed E-state index contributed by atoms with van der Waals surface area (Å²) >= 11 is 0. The zero-order chi connectivity index (χ0) is 18.9. The highest BCUT2D eigenvalue weighted by Gasteiger charge is 2.32. The average molecular weight is 370 g/mol. The first-order chi connectivity index (χ1) is 12.5. The van der Waals surface area contributed by atoms with Crippen molar-refractivity contribution >= 4 is 11.8 Å². The molecule has 1 heterocycles. The number of likely N-dealkylation sites (N-methyl/N-ethyl adjacent to an activating group) is 1. The van der Waals surface area contributed by atoms with E-state index >= 15 is 0 Å². The van der Waals surface area contributed by atoms with E-state index in [9.17, 15) is 14.7 Å². The Morgan fingerprint density at radius 2 is 1.85 bits per heavy atom. The van der Waals surface area contributed by atoms with Crippen LogP contribution in [0.15, 0.2) is 0 Å². The predicted molar refractivity (Wildman–Crippen MR) is 99.7 cm³/mol. The number of hydrogen-bond acceptors (Lipinski definition) is 5. The Balaban J connectivity index is 1.69. The molecule has 1 aliphatic carbocycles. The second-order valence-corrected chi connectivity index (χ2v) is 7.88. The van der Waals surface area contributed by atoms with Crippen LogP contribution < -0.4 is 10.6 Å². The summed E-state index contributed by atoms with van der Waals surface area (Å²) in [5.41, 5.74) is 0. The van der Waals surface area contributed by atoms with Gasteiger partial charge in [-0.1, -0.05) is 19.3 Å². The summed E-state index contributed by atoms with van der Waals surface area (Å²) in [6.45, 7) is 0.818. The lowest BCUT2D eigenvalue weighted by molar-refractivity contribution is -0.130. The van der Waals surface area contributed by atoms with E-state index in [4.69, 9.17) is 4.74 Å². The van der Waals surface area contributed by atoms with Crippen LogP contribution in [-0.4, -0.2) is 73.9 Å². The number of carbonyl (C=O) groups is 2. The molecule has 26 heavy (non-hydrogen) atoms. The third kappa shape index (κ3) is 6.85. The van der Waals surface area contributed by atoms with Crippen molar-refractivity contribution in [2.24, 2.45) is 5.92 Å². The molecule has 1 aliphatic heterocycles. The van der Waals surface area contributed by atoms with E-state index in [1.165, 1.54) is 6.42 Å². The van der Waals surface area contributed by atoms with E-state index in [-0.39, 0.29) is 42.6 Å². The lowest BCUT2D eigenvalue weighted by atomic mass is 9.88. The third-order valence-corrected chi connectivity index (χ3v) is 5.34. The van der Waals surface area contributed by atoms with Gasteiger partial charge in [0.05, 0.1) is 25.3 Å². The zero-order valence-electron chi connectivity index (χ0n) is 16.2. The number of nitrogens with one attached hydrogen (secondary N) is 2. The van der Waals surface area contributed by atoms with Crippen molar-refractivity contribution in [3.8, 4) is 0 Å². The molecule has 150 valence electrons. The lowest BCUT2D eigenvalue weighted by Gasteiger charge is -2.36. The number of aliphatic hydroxyl groups is 1. The van der Waals surface area contributed by atoms with Crippen LogP contribution in [0, 0.1) is 5.92 Å². The Hall–Kier alpha value is -1.18. The Morgan fingerprint density at radius 3 is 2.50 bits per heavy atom. The van der Waals surface area contributed by atoms with E-state index in [1.54, 1.807) is 0 Å². The number of ether oxygens (including phenoxy) is 1. The number of carbonyl (C=O) groups excluding carboxylic acids is 2. The van der Waals surface area contributed by atoms with Gasteiger partial charge in [0, 0.05) is 12.5 Å². The van der Waals surface area contributed by atoms with Crippen molar-refractivity contribution in [2.45, 2.75) is 69.6 Å². The number of nitrogens with zero attached hydrogens (tertiary/aromatic N) is 1. The Labute approximate surface area is 156 Å². The summed E-state index contributed by atoms with van der Waals surface area (Å²) in [5, 5.41) is 15.6. The molecule has 2 aliphatic rings. The highest BCUT2D eigenvalue weighted by molar-refractivity contribution is 5.78. The van der Waals surface area contributed by atoms with E-state index in [0.29, 0.717) is 13.1 Å². The zero-order valence-corrected chi connectivity index (χ0v) is 16.2. The normalized spacial score (nSPS) is 27.3. The van der Waals surface area contributed by atoms with Gasteiger partial charge in [0.25, 0.3) is 0 Å². The molecule has 0 aromatic carbocycles. The van der Waals surface area contributed by atoms with Gasteiger partial charge in [-0.3, -0.25) is 9.59 Å². The molecule has 7 nitrogen and oxygen atoms in total. The van der Waals surface area contributed by atoms with Crippen molar-refractivity contribution in [1.82, 2.24) is 15.5 Å². The average Bonchev–Trinajstić information content (AvgIpc) is 2.62. The molecule has 2 amide bonds. The maximum atomic E-state index is 12.2. The molecule has 2 rings (SSSR count). The minimum atomic E-state index is -0.381. The summed E-state index contributed by atoms with van der Waals surface area (Å²) in [4.78, 5) is 25.9. The highest BCUT2D eigenvalue weighted by Crippen LogP contribution is 2.24. The molecule has 0 aromatic heterocycles. The minimum Gasteiger partial charge on any atom is -0.394 e. The van der Waals surface area contributed by atoms with E-state index in [2.05, 4.69) is 10.6 Å². The maximum absolute atomic E-state index is 12.2. The SMILES string of the molecule is CN(C)CC(=O)N[C@@H]1CC[C@@H](CCNC(=O)C2CCCCC2)O[C@@H]1CO. The van der Waals surface area contributed by atoms with Gasteiger partial charge in [-0.15, -0.1) is 0 Å². The Kier molecular flexibility index (Phi) is 8.81. The van der Waals surface area contributed by atoms with Crippen LogP contribution in [0.25, 0.3) is 0 Å². The minimum absolute atomic E-state index is 0.0146. The van der Waals surface area contributed by atoms with Crippen LogP contribution in [0.4, 0.5) is 0 Å². The van der Waals surface area contributed by atoms with Gasteiger partial charge in [0.15, 0.2) is 0 Å². The summed E-state index contributed by atoms with van der Waals surface area (Å²) in [5.74, 6) is 0.297. The van der Waals surface area contributed by atoms with Gasteiger partial charge in [0.1, 0.15) is 6.10 Å². The first kappa shape index (κ1) is 21.1. The number of amides is 2. The van der Waals surface area contributed by atoms with Crippen molar-refractivity contribution < 1.29 is 19.4 Å². The largest absolute Gasteiger partial charge is 0.394 e. The van der Waals surface area contributed by atoms with E-state index in [0.717, 1.165) is 44.9 Å². The second-order valence-electron chi connectivity index (χ2n) is 7.88. The molecule has 2 fully saturated rings. The standard InChI is InChI=1S/C19H35N3O4/c1-22(2)12-18(24)21-16-9-8-15(26-17(16)13-23)10-11-20-19(25)14-6-4-3-5-7-14/h14-17,23H,3-13H2,1-2H3,(H,20,25)(H,21,24)/t15-,16+,17+/m0/s1. The van der Waals surface area contributed by atoms with Gasteiger partial charge in [-0.2, -0.15) is 0 Å². The van der Waals surface area contributed by atoms with Crippen LogP contribution in [-0.2, 0) is 14.3 Å².